The molecule has 0 amide bonds. The fraction of sp³-hybridized carbons (Fsp3) is 0.945. The van der Waals surface area contributed by atoms with Crippen LogP contribution in [0.3, 0.4) is 0 Å². The molecular formula is C55H106O6. The van der Waals surface area contributed by atoms with Crippen molar-refractivity contribution in [1.29, 1.82) is 0 Å². The van der Waals surface area contributed by atoms with Crippen molar-refractivity contribution in [2.45, 2.75) is 304 Å². The monoisotopic (exact) mass is 863 g/mol. The largest absolute Gasteiger partial charge is 0.462 e. The fourth-order valence-electron chi connectivity index (χ4n) is 8.29. The molecule has 0 N–H and O–H groups in total. The molecule has 0 unspecified atom stereocenters. The second-order valence-electron chi connectivity index (χ2n) is 20.3. The molecule has 61 heavy (non-hydrogen) atoms. The van der Waals surface area contributed by atoms with E-state index in [4.69, 9.17) is 14.2 Å². The van der Waals surface area contributed by atoms with Gasteiger partial charge in [0.2, 0.25) is 0 Å². The number of esters is 3. The lowest BCUT2D eigenvalue weighted by molar-refractivity contribution is -0.167. The lowest BCUT2D eigenvalue weighted by Gasteiger charge is -2.18. The third kappa shape index (κ3) is 49.3. The molecule has 0 saturated carbocycles. The van der Waals surface area contributed by atoms with Crippen molar-refractivity contribution < 1.29 is 28.6 Å². The average Bonchev–Trinajstić information content (AvgIpc) is 3.22. The Morgan fingerprint density at radius 1 is 0.279 bits per heavy atom. The van der Waals surface area contributed by atoms with E-state index in [0.717, 1.165) is 75.5 Å². The first kappa shape index (κ1) is 59.4. The number of ether oxygens (including phenoxy) is 3. The van der Waals surface area contributed by atoms with Crippen molar-refractivity contribution in [3.63, 3.8) is 0 Å². The molecule has 0 aliphatic heterocycles. The molecule has 6 heteroatoms. The van der Waals surface area contributed by atoms with Crippen LogP contribution >= 0.6 is 0 Å². The highest BCUT2D eigenvalue weighted by atomic mass is 16.6. The first-order chi connectivity index (χ1) is 29.6. The van der Waals surface area contributed by atoms with Crippen molar-refractivity contribution in [3.8, 4) is 0 Å². The zero-order valence-corrected chi connectivity index (χ0v) is 42.0. The van der Waals surface area contributed by atoms with Gasteiger partial charge in [0, 0.05) is 19.3 Å². The van der Waals surface area contributed by atoms with Gasteiger partial charge in [0.1, 0.15) is 13.2 Å². The molecular weight excluding hydrogens is 757 g/mol. The highest BCUT2D eigenvalue weighted by Gasteiger charge is 2.19. The van der Waals surface area contributed by atoms with Crippen LogP contribution in [0, 0.1) is 17.8 Å². The van der Waals surface area contributed by atoms with Crippen LogP contribution < -0.4 is 0 Å². The van der Waals surface area contributed by atoms with Crippen LogP contribution in [0.4, 0.5) is 0 Å². The Balaban J connectivity index is 4.25. The normalized spacial score (nSPS) is 12.1. The second-order valence-corrected chi connectivity index (χ2v) is 20.3. The number of hydrogen-bond acceptors (Lipinski definition) is 6. The summed E-state index contributed by atoms with van der Waals surface area (Å²) < 4.78 is 16.8. The van der Waals surface area contributed by atoms with Gasteiger partial charge in [-0.1, -0.05) is 260 Å². The van der Waals surface area contributed by atoms with Gasteiger partial charge in [-0.25, -0.2) is 0 Å². The Bertz CT molecular complexity index is 945. The van der Waals surface area contributed by atoms with E-state index in [1.165, 1.54) is 180 Å². The van der Waals surface area contributed by atoms with E-state index in [0.29, 0.717) is 19.3 Å². The molecule has 362 valence electrons. The topological polar surface area (TPSA) is 78.9 Å². The van der Waals surface area contributed by atoms with Crippen LogP contribution in [-0.2, 0) is 28.6 Å². The fourth-order valence-corrected chi connectivity index (χ4v) is 8.29. The number of unbranched alkanes of at least 4 members (excludes halogenated alkanes) is 31. The molecule has 0 aromatic carbocycles. The molecule has 1 atom stereocenters. The predicted molar refractivity (Wildman–Crippen MR) is 261 cm³/mol. The molecule has 0 aliphatic carbocycles. The molecule has 0 radical (unpaired) electrons. The van der Waals surface area contributed by atoms with Crippen LogP contribution in [0.1, 0.15) is 298 Å². The summed E-state index contributed by atoms with van der Waals surface area (Å²) in [5.74, 6) is 1.60. The van der Waals surface area contributed by atoms with E-state index in [-0.39, 0.29) is 31.1 Å². The van der Waals surface area contributed by atoms with Gasteiger partial charge in [0.15, 0.2) is 6.10 Å². The quantitative estimate of drug-likeness (QED) is 0.0344. The third-order valence-electron chi connectivity index (χ3n) is 12.4. The van der Waals surface area contributed by atoms with E-state index in [2.05, 4.69) is 41.5 Å². The van der Waals surface area contributed by atoms with Gasteiger partial charge < -0.3 is 14.2 Å². The summed E-state index contributed by atoms with van der Waals surface area (Å²) in [6.45, 7) is 13.7. The highest BCUT2D eigenvalue weighted by Crippen LogP contribution is 2.18. The maximum absolute atomic E-state index is 12.8. The lowest BCUT2D eigenvalue weighted by atomic mass is 10.0. The first-order valence-corrected chi connectivity index (χ1v) is 27.1. The van der Waals surface area contributed by atoms with Crippen molar-refractivity contribution in [2.75, 3.05) is 13.2 Å². The van der Waals surface area contributed by atoms with Gasteiger partial charge in [-0.15, -0.1) is 0 Å². The van der Waals surface area contributed by atoms with E-state index in [1.54, 1.807) is 0 Å². The number of carbonyl (C=O) groups is 3. The maximum atomic E-state index is 12.8. The van der Waals surface area contributed by atoms with E-state index in [1.807, 2.05) is 0 Å². The maximum Gasteiger partial charge on any atom is 0.306 e. The van der Waals surface area contributed by atoms with Crippen LogP contribution in [0.15, 0.2) is 0 Å². The highest BCUT2D eigenvalue weighted by molar-refractivity contribution is 5.71. The Hall–Kier alpha value is -1.59. The summed E-state index contributed by atoms with van der Waals surface area (Å²) in [5, 5.41) is 0. The van der Waals surface area contributed by atoms with Gasteiger partial charge >= 0.3 is 17.9 Å². The Kier molecular flexibility index (Phi) is 45.2. The minimum absolute atomic E-state index is 0.0649. The second kappa shape index (κ2) is 46.4. The summed E-state index contributed by atoms with van der Waals surface area (Å²) in [4.78, 5) is 38.0. The Morgan fingerprint density at radius 2 is 0.475 bits per heavy atom. The summed E-state index contributed by atoms with van der Waals surface area (Å²) >= 11 is 0. The van der Waals surface area contributed by atoms with Crippen LogP contribution in [0.5, 0.6) is 0 Å². The minimum Gasteiger partial charge on any atom is -0.462 e. The molecule has 0 spiro atoms. The minimum atomic E-state index is -0.763. The molecule has 0 rings (SSSR count). The molecule has 0 fully saturated rings. The molecule has 0 saturated heterocycles. The van der Waals surface area contributed by atoms with E-state index >= 15 is 0 Å². The third-order valence-corrected chi connectivity index (χ3v) is 12.4. The van der Waals surface area contributed by atoms with Crippen LogP contribution in [0.25, 0.3) is 0 Å². The zero-order chi connectivity index (χ0) is 44.9. The van der Waals surface area contributed by atoms with Gasteiger partial charge in [-0.2, -0.15) is 0 Å². The Labute approximate surface area is 380 Å². The SMILES string of the molecule is CC(C)CCCCCCCCCCCCCCCCCC(=O)O[C@@H](COC(=O)CCCCCCCCCCCCCCCC(C)C)COC(=O)CCCCCCCCC(C)C. The first-order valence-electron chi connectivity index (χ1n) is 27.1. The molecule has 0 bridgehead atoms. The molecule has 0 aliphatic rings. The van der Waals surface area contributed by atoms with Crippen LogP contribution in [-0.4, -0.2) is 37.2 Å². The molecule has 0 aromatic heterocycles. The van der Waals surface area contributed by atoms with E-state index < -0.39 is 6.10 Å². The molecule has 0 heterocycles. The van der Waals surface area contributed by atoms with E-state index in [9.17, 15) is 14.4 Å². The van der Waals surface area contributed by atoms with Gasteiger partial charge in [0.25, 0.3) is 0 Å². The number of carbonyl (C=O) groups excluding carboxylic acids is 3. The van der Waals surface area contributed by atoms with Crippen molar-refractivity contribution in [3.05, 3.63) is 0 Å². The zero-order valence-electron chi connectivity index (χ0n) is 42.0. The standard InChI is InChI=1S/C55H106O6/c1-49(2)41-35-29-23-19-15-11-8-7-9-13-18-22-26-34-40-46-55(58)61-52(48-60-54(57)45-39-33-28-27-31-37-43-51(5)6)47-59-53(56)44-38-32-25-21-17-14-10-12-16-20-24-30-36-42-50(3)4/h49-52H,7-48H2,1-6H3/t52-/m0/s1. The average molecular weight is 863 g/mol. The number of rotatable bonds is 48. The van der Waals surface area contributed by atoms with Crippen molar-refractivity contribution >= 4 is 17.9 Å². The predicted octanol–water partition coefficient (Wildman–Crippen LogP) is 17.6. The summed E-state index contributed by atoms with van der Waals surface area (Å²) in [7, 11) is 0. The summed E-state index contributed by atoms with van der Waals surface area (Å²) in [5.41, 5.74) is 0. The smallest absolute Gasteiger partial charge is 0.306 e. The van der Waals surface area contributed by atoms with Gasteiger partial charge in [-0.05, 0) is 37.0 Å². The van der Waals surface area contributed by atoms with Gasteiger partial charge in [-0.3, -0.25) is 14.4 Å². The lowest BCUT2D eigenvalue weighted by Crippen LogP contribution is -2.30. The Morgan fingerprint density at radius 3 is 0.705 bits per heavy atom. The molecule has 6 nitrogen and oxygen atoms in total. The van der Waals surface area contributed by atoms with Gasteiger partial charge in [0.05, 0.1) is 0 Å². The van der Waals surface area contributed by atoms with Crippen LogP contribution in [0.2, 0.25) is 0 Å². The molecule has 0 aromatic rings. The summed E-state index contributed by atoms with van der Waals surface area (Å²) in [6, 6.07) is 0. The summed E-state index contributed by atoms with van der Waals surface area (Å²) in [6.07, 6.45) is 46.8. The van der Waals surface area contributed by atoms with Crippen molar-refractivity contribution in [1.82, 2.24) is 0 Å². The number of hydrogen-bond donors (Lipinski definition) is 0. The van der Waals surface area contributed by atoms with Crippen molar-refractivity contribution in [2.24, 2.45) is 17.8 Å².